The number of nitrogens with two attached hydrogens (primary N) is 1. The van der Waals surface area contributed by atoms with E-state index in [2.05, 4.69) is 28.5 Å². The molecule has 2 aromatic rings. The number of nitrogens with zero attached hydrogens (tertiary/aromatic N) is 1. The number of aromatic nitrogens is 1. The highest BCUT2D eigenvalue weighted by Gasteiger charge is 2.12. The second kappa shape index (κ2) is 4.09. The summed E-state index contributed by atoms with van der Waals surface area (Å²) in [6, 6.07) is 8.46. The predicted molar refractivity (Wildman–Crippen MR) is 71.9 cm³/mol. The summed E-state index contributed by atoms with van der Waals surface area (Å²) in [7, 11) is 0. The van der Waals surface area contributed by atoms with E-state index in [9.17, 15) is 0 Å². The first-order valence-corrected chi connectivity index (χ1v) is 5.89. The number of fused-ring (bicyclic) bond motifs is 1. The largest absolute Gasteiger partial charge is 0.397 e. The Morgan fingerprint density at radius 3 is 2.82 bits per heavy atom. The number of rotatable bonds is 2. The maximum absolute atomic E-state index is 5.93. The van der Waals surface area contributed by atoms with E-state index in [1.807, 2.05) is 18.2 Å². The molecule has 0 fully saturated rings. The standard InChI is InChI=1S/C14H15N3/c15-12-7-8-13(17-10-4-1-2-5-10)11-6-3-9-16-14(11)12/h1-3,6-10,17H,4-5,15H2. The van der Waals surface area contributed by atoms with Crippen LogP contribution in [0.1, 0.15) is 12.8 Å². The molecule has 0 atom stereocenters. The number of nitrogens with one attached hydrogen (secondary N) is 1. The highest BCUT2D eigenvalue weighted by atomic mass is 14.9. The van der Waals surface area contributed by atoms with Gasteiger partial charge in [-0.25, -0.2) is 0 Å². The van der Waals surface area contributed by atoms with Crippen molar-refractivity contribution in [1.82, 2.24) is 4.98 Å². The quantitative estimate of drug-likeness (QED) is 0.610. The van der Waals surface area contributed by atoms with Crippen LogP contribution in [0, 0.1) is 0 Å². The molecule has 17 heavy (non-hydrogen) atoms. The van der Waals surface area contributed by atoms with E-state index >= 15 is 0 Å². The summed E-state index contributed by atoms with van der Waals surface area (Å²) in [5, 5.41) is 4.65. The smallest absolute Gasteiger partial charge is 0.0951 e. The molecule has 1 aromatic heterocycles. The average Bonchev–Trinajstić information content (AvgIpc) is 2.86. The predicted octanol–water partition coefficient (Wildman–Crippen LogP) is 2.95. The maximum atomic E-state index is 5.93. The van der Waals surface area contributed by atoms with Crippen molar-refractivity contribution in [2.75, 3.05) is 11.1 Å². The molecule has 0 radical (unpaired) electrons. The highest BCUT2D eigenvalue weighted by molar-refractivity contribution is 5.98. The van der Waals surface area contributed by atoms with E-state index in [1.54, 1.807) is 6.20 Å². The molecular weight excluding hydrogens is 210 g/mol. The first-order valence-electron chi connectivity index (χ1n) is 5.89. The van der Waals surface area contributed by atoms with Crippen LogP contribution in [0.3, 0.4) is 0 Å². The molecule has 3 heteroatoms. The summed E-state index contributed by atoms with van der Waals surface area (Å²) in [6.07, 6.45) is 8.39. The fourth-order valence-electron chi connectivity index (χ4n) is 2.28. The van der Waals surface area contributed by atoms with Gasteiger partial charge >= 0.3 is 0 Å². The van der Waals surface area contributed by atoms with Crippen LogP contribution in [0.4, 0.5) is 11.4 Å². The van der Waals surface area contributed by atoms with Gasteiger partial charge in [-0.05, 0) is 37.1 Å². The lowest BCUT2D eigenvalue weighted by Gasteiger charge is -2.16. The molecule has 1 aliphatic carbocycles. The molecule has 0 amide bonds. The number of benzene rings is 1. The van der Waals surface area contributed by atoms with Gasteiger partial charge in [0.1, 0.15) is 0 Å². The first kappa shape index (κ1) is 10.1. The fraction of sp³-hybridized carbons (Fsp3) is 0.214. The van der Waals surface area contributed by atoms with Gasteiger partial charge in [-0.3, -0.25) is 4.98 Å². The van der Waals surface area contributed by atoms with Crippen molar-refractivity contribution in [3.63, 3.8) is 0 Å². The Morgan fingerprint density at radius 2 is 2.00 bits per heavy atom. The second-order valence-electron chi connectivity index (χ2n) is 4.39. The molecule has 0 spiro atoms. The molecule has 0 aliphatic heterocycles. The molecule has 1 aromatic carbocycles. The van der Waals surface area contributed by atoms with Gasteiger partial charge in [0.2, 0.25) is 0 Å². The van der Waals surface area contributed by atoms with E-state index in [4.69, 9.17) is 5.73 Å². The van der Waals surface area contributed by atoms with Crippen molar-refractivity contribution in [3.8, 4) is 0 Å². The van der Waals surface area contributed by atoms with E-state index in [1.165, 1.54) is 0 Å². The molecule has 3 rings (SSSR count). The number of hydrogen-bond acceptors (Lipinski definition) is 3. The molecule has 1 heterocycles. The fourth-order valence-corrected chi connectivity index (χ4v) is 2.28. The SMILES string of the molecule is Nc1ccc(NC2CC=CC2)c2cccnc12. The van der Waals surface area contributed by atoms with Crippen LogP contribution in [0.5, 0.6) is 0 Å². The molecule has 0 bridgehead atoms. The van der Waals surface area contributed by atoms with E-state index < -0.39 is 0 Å². The van der Waals surface area contributed by atoms with Gasteiger partial charge in [0.25, 0.3) is 0 Å². The number of anilines is 2. The molecule has 1 aliphatic rings. The monoisotopic (exact) mass is 225 g/mol. The van der Waals surface area contributed by atoms with Crippen molar-refractivity contribution in [2.24, 2.45) is 0 Å². The lowest BCUT2D eigenvalue weighted by molar-refractivity contribution is 0.788. The van der Waals surface area contributed by atoms with Crippen molar-refractivity contribution in [2.45, 2.75) is 18.9 Å². The number of hydrogen-bond donors (Lipinski definition) is 2. The Labute approximate surface area is 100 Å². The third kappa shape index (κ3) is 1.84. The molecule has 3 nitrogen and oxygen atoms in total. The van der Waals surface area contributed by atoms with E-state index in [0.717, 1.165) is 35.1 Å². The van der Waals surface area contributed by atoms with Crippen LogP contribution in [-0.2, 0) is 0 Å². The second-order valence-corrected chi connectivity index (χ2v) is 4.39. The summed E-state index contributed by atoms with van der Waals surface area (Å²) < 4.78 is 0. The molecule has 0 saturated heterocycles. The maximum Gasteiger partial charge on any atom is 0.0951 e. The Morgan fingerprint density at radius 1 is 1.18 bits per heavy atom. The Balaban J connectivity index is 2.01. The van der Waals surface area contributed by atoms with Gasteiger partial charge < -0.3 is 11.1 Å². The zero-order valence-electron chi connectivity index (χ0n) is 9.56. The molecule has 86 valence electrons. The van der Waals surface area contributed by atoms with Crippen LogP contribution in [0.25, 0.3) is 10.9 Å². The van der Waals surface area contributed by atoms with Crippen molar-refractivity contribution < 1.29 is 0 Å². The summed E-state index contributed by atoms with van der Waals surface area (Å²) in [6.45, 7) is 0. The van der Waals surface area contributed by atoms with Gasteiger partial charge in [0, 0.05) is 23.3 Å². The third-order valence-electron chi connectivity index (χ3n) is 3.17. The summed E-state index contributed by atoms with van der Waals surface area (Å²) in [5.41, 5.74) is 8.66. The zero-order chi connectivity index (χ0) is 11.7. The first-order chi connectivity index (χ1) is 8.34. The lowest BCUT2D eigenvalue weighted by Crippen LogP contribution is -2.15. The minimum Gasteiger partial charge on any atom is -0.397 e. The molecule has 3 N–H and O–H groups in total. The van der Waals surface area contributed by atoms with Crippen molar-refractivity contribution in [1.29, 1.82) is 0 Å². The lowest BCUT2D eigenvalue weighted by atomic mass is 10.1. The van der Waals surface area contributed by atoms with Gasteiger partial charge in [-0.1, -0.05) is 12.2 Å². The average molecular weight is 225 g/mol. The van der Waals surface area contributed by atoms with Crippen LogP contribution in [-0.4, -0.2) is 11.0 Å². The highest BCUT2D eigenvalue weighted by Crippen LogP contribution is 2.28. The van der Waals surface area contributed by atoms with Crippen molar-refractivity contribution in [3.05, 3.63) is 42.6 Å². The van der Waals surface area contributed by atoms with Crippen LogP contribution >= 0.6 is 0 Å². The van der Waals surface area contributed by atoms with Gasteiger partial charge in [-0.2, -0.15) is 0 Å². The van der Waals surface area contributed by atoms with Crippen LogP contribution in [0.15, 0.2) is 42.6 Å². The molecule has 0 saturated carbocycles. The Kier molecular flexibility index (Phi) is 2.44. The third-order valence-corrected chi connectivity index (χ3v) is 3.17. The van der Waals surface area contributed by atoms with Gasteiger partial charge in [-0.15, -0.1) is 0 Å². The topological polar surface area (TPSA) is 50.9 Å². The molecule has 0 unspecified atom stereocenters. The zero-order valence-corrected chi connectivity index (χ0v) is 9.56. The summed E-state index contributed by atoms with van der Waals surface area (Å²) in [5.74, 6) is 0. The van der Waals surface area contributed by atoms with Crippen molar-refractivity contribution >= 4 is 22.3 Å². The van der Waals surface area contributed by atoms with Crippen LogP contribution in [0.2, 0.25) is 0 Å². The van der Waals surface area contributed by atoms with Gasteiger partial charge in [0.05, 0.1) is 11.2 Å². The summed E-state index contributed by atoms with van der Waals surface area (Å²) in [4.78, 5) is 4.34. The normalized spacial score (nSPS) is 15.5. The number of pyridine rings is 1. The molecular formula is C14H15N3. The van der Waals surface area contributed by atoms with E-state index in [0.29, 0.717) is 6.04 Å². The Hall–Kier alpha value is -2.03. The Bertz CT molecular complexity index is 567. The minimum absolute atomic E-state index is 0.502. The summed E-state index contributed by atoms with van der Waals surface area (Å²) >= 11 is 0. The van der Waals surface area contributed by atoms with Gasteiger partial charge in [0.15, 0.2) is 0 Å². The minimum atomic E-state index is 0.502. The van der Waals surface area contributed by atoms with E-state index in [-0.39, 0.29) is 0 Å². The number of nitrogen functional groups attached to an aromatic ring is 1. The van der Waals surface area contributed by atoms with Crippen LogP contribution < -0.4 is 11.1 Å².